The third-order valence-corrected chi connectivity index (χ3v) is 6.61. The SMILES string of the molecule is CCOCCOCCOC(=O)NCCN(CCC1(C)N=N1)C(=O)c1ccc(CC(=O)CCCCCCC(=O)NO)cc1. The number of carbonyl (C=O) groups is 4. The van der Waals surface area contributed by atoms with Crippen LogP contribution in [0.15, 0.2) is 34.5 Å². The molecule has 0 aliphatic carbocycles. The second-order valence-corrected chi connectivity index (χ2v) is 10.2. The van der Waals surface area contributed by atoms with E-state index in [4.69, 9.17) is 19.4 Å². The zero-order chi connectivity index (χ0) is 30.6. The average molecular weight is 592 g/mol. The number of amides is 3. The summed E-state index contributed by atoms with van der Waals surface area (Å²) in [6, 6.07) is 7.00. The summed E-state index contributed by atoms with van der Waals surface area (Å²) in [4.78, 5) is 50.3. The van der Waals surface area contributed by atoms with E-state index in [0.717, 1.165) is 24.8 Å². The zero-order valence-corrected chi connectivity index (χ0v) is 24.8. The number of alkyl carbamates (subject to hydrolysis) is 1. The molecule has 0 atom stereocenters. The van der Waals surface area contributed by atoms with Crippen LogP contribution in [0.2, 0.25) is 0 Å². The Bertz CT molecular complexity index is 1010. The van der Waals surface area contributed by atoms with E-state index in [1.54, 1.807) is 34.6 Å². The van der Waals surface area contributed by atoms with E-state index in [9.17, 15) is 19.2 Å². The molecule has 13 nitrogen and oxygen atoms in total. The molecule has 0 aromatic heterocycles. The van der Waals surface area contributed by atoms with E-state index in [0.29, 0.717) is 51.2 Å². The van der Waals surface area contributed by atoms with Crippen molar-refractivity contribution < 1.29 is 38.6 Å². The van der Waals surface area contributed by atoms with Gasteiger partial charge in [-0.05, 0) is 44.4 Å². The Morgan fingerprint density at radius 3 is 2.24 bits per heavy atom. The summed E-state index contributed by atoms with van der Waals surface area (Å²) in [7, 11) is 0. The lowest BCUT2D eigenvalue weighted by Crippen LogP contribution is -2.40. The van der Waals surface area contributed by atoms with Crippen LogP contribution in [0.4, 0.5) is 4.79 Å². The van der Waals surface area contributed by atoms with Crippen molar-refractivity contribution in [1.29, 1.82) is 0 Å². The quantitative estimate of drug-likeness (QED) is 0.0988. The van der Waals surface area contributed by atoms with Gasteiger partial charge in [-0.2, -0.15) is 10.2 Å². The molecule has 3 N–H and O–H groups in total. The van der Waals surface area contributed by atoms with Crippen molar-refractivity contribution in [3.05, 3.63) is 35.4 Å². The summed E-state index contributed by atoms with van der Waals surface area (Å²) >= 11 is 0. The van der Waals surface area contributed by atoms with Gasteiger partial charge in [0.2, 0.25) is 5.91 Å². The fourth-order valence-electron chi connectivity index (χ4n) is 4.03. The van der Waals surface area contributed by atoms with Crippen molar-refractivity contribution in [2.24, 2.45) is 10.2 Å². The van der Waals surface area contributed by atoms with Crippen LogP contribution in [-0.2, 0) is 30.2 Å². The van der Waals surface area contributed by atoms with Crippen LogP contribution in [-0.4, -0.2) is 92.1 Å². The van der Waals surface area contributed by atoms with E-state index < -0.39 is 17.7 Å². The number of nitrogens with one attached hydrogen (secondary N) is 2. The van der Waals surface area contributed by atoms with Gasteiger partial charge in [0.15, 0.2) is 5.66 Å². The minimum absolute atomic E-state index is 0.113. The van der Waals surface area contributed by atoms with Gasteiger partial charge in [-0.3, -0.25) is 19.6 Å². The summed E-state index contributed by atoms with van der Waals surface area (Å²) in [6.07, 6.45) is 4.06. The monoisotopic (exact) mass is 591 g/mol. The van der Waals surface area contributed by atoms with Crippen LogP contribution < -0.4 is 10.8 Å². The van der Waals surface area contributed by atoms with Gasteiger partial charge in [-0.15, -0.1) is 0 Å². The summed E-state index contributed by atoms with van der Waals surface area (Å²) < 4.78 is 15.6. The molecule has 1 aromatic carbocycles. The summed E-state index contributed by atoms with van der Waals surface area (Å²) in [5.41, 5.74) is 2.46. The number of hydroxylamine groups is 1. The number of nitrogens with zero attached hydrogens (tertiary/aromatic N) is 3. The van der Waals surface area contributed by atoms with Crippen LogP contribution in [0.25, 0.3) is 0 Å². The van der Waals surface area contributed by atoms with Crippen molar-refractivity contribution in [3.63, 3.8) is 0 Å². The highest BCUT2D eigenvalue weighted by atomic mass is 16.6. The summed E-state index contributed by atoms with van der Waals surface area (Å²) in [5, 5.41) is 19.2. The van der Waals surface area contributed by atoms with Gasteiger partial charge in [0.25, 0.3) is 5.91 Å². The highest BCUT2D eigenvalue weighted by Gasteiger charge is 2.34. The fourth-order valence-corrected chi connectivity index (χ4v) is 4.03. The smallest absolute Gasteiger partial charge is 0.407 e. The van der Waals surface area contributed by atoms with Gasteiger partial charge in [0.1, 0.15) is 12.4 Å². The molecule has 234 valence electrons. The molecule has 0 saturated carbocycles. The van der Waals surface area contributed by atoms with Gasteiger partial charge < -0.3 is 24.4 Å². The Morgan fingerprint density at radius 2 is 1.57 bits per heavy atom. The van der Waals surface area contributed by atoms with Crippen molar-refractivity contribution in [1.82, 2.24) is 15.7 Å². The van der Waals surface area contributed by atoms with Crippen LogP contribution in [0.3, 0.4) is 0 Å². The molecule has 1 aliphatic rings. The minimum atomic E-state index is -0.585. The molecule has 1 aliphatic heterocycles. The first-order valence-corrected chi connectivity index (χ1v) is 14.6. The van der Waals surface area contributed by atoms with Gasteiger partial charge in [-0.1, -0.05) is 25.0 Å². The molecule has 0 spiro atoms. The number of ketones is 1. The number of carbonyl (C=O) groups excluding carboxylic acids is 4. The topological polar surface area (TPSA) is 168 Å². The molecular formula is C29H45N5O8. The van der Waals surface area contributed by atoms with Gasteiger partial charge >= 0.3 is 6.09 Å². The molecule has 1 heterocycles. The largest absolute Gasteiger partial charge is 0.447 e. The molecular weight excluding hydrogens is 546 g/mol. The first-order valence-electron chi connectivity index (χ1n) is 14.6. The maximum atomic E-state index is 13.3. The van der Waals surface area contributed by atoms with Crippen LogP contribution in [0.5, 0.6) is 0 Å². The standard InChI is InChI=1S/C29H45N5O8/c1-3-40-18-19-41-20-21-42-28(38)30-15-17-34(16-14-29(2)32-33-29)27(37)24-12-10-23(11-13-24)22-25(35)8-6-4-5-7-9-26(36)31-39/h10-13,39H,3-9,14-22H2,1-2H3,(H,30,38)(H,31,36). The van der Waals surface area contributed by atoms with E-state index >= 15 is 0 Å². The molecule has 42 heavy (non-hydrogen) atoms. The lowest BCUT2D eigenvalue weighted by molar-refractivity contribution is -0.129. The van der Waals surface area contributed by atoms with Crippen molar-refractivity contribution in [2.75, 3.05) is 52.7 Å². The number of hydrogen-bond acceptors (Lipinski definition) is 10. The Labute approximate surface area is 247 Å². The molecule has 13 heteroatoms. The highest BCUT2D eigenvalue weighted by Crippen LogP contribution is 2.31. The first kappa shape index (κ1) is 34.8. The molecule has 0 fully saturated rings. The van der Waals surface area contributed by atoms with Crippen LogP contribution >= 0.6 is 0 Å². The fraction of sp³-hybridized carbons (Fsp3) is 0.655. The van der Waals surface area contributed by atoms with E-state index in [1.165, 1.54) is 0 Å². The second kappa shape index (κ2) is 19.7. The first-order chi connectivity index (χ1) is 20.3. The van der Waals surface area contributed by atoms with Gasteiger partial charge in [-0.25, -0.2) is 10.3 Å². The van der Waals surface area contributed by atoms with Crippen molar-refractivity contribution in [2.45, 2.75) is 70.9 Å². The maximum Gasteiger partial charge on any atom is 0.407 e. The minimum Gasteiger partial charge on any atom is -0.447 e. The number of ether oxygens (including phenoxy) is 3. The number of unbranched alkanes of at least 4 members (excludes halogenated alkanes) is 3. The van der Waals surface area contributed by atoms with E-state index in [2.05, 4.69) is 15.5 Å². The Hall–Kier alpha value is -3.42. The van der Waals surface area contributed by atoms with Crippen LogP contribution in [0.1, 0.15) is 74.7 Å². The molecule has 0 saturated heterocycles. The average Bonchev–Trinajstić information content (AvgIpc) is 3.72. The van der Waals surface area contributed by atoms with Crippen LogP contribution in [0, 0.1) is 0 Å². The third kappa shape index (κ3) is 15.0. The van der Waals surface area contributed by atoms with Gasteiger partial charge in [0, 0.05) is 57.5 Å². The maximum absolute atomic E-state index is 13.3. The summed E-state index contributed by atoms with van der Waals surface area (Å²) in [5.74, 6) is -0.476. The molecule has 0 unspecified atom stereocenters. The Kier molecular flexibility index (Phi) is 16.3. The zero-order valence-electron chi connectivity index (χ0n) is 24.8. The lowest BCUT2D eigenvalue weighted by atomic mass is 10.0. The molecule has 0 radical (unpaired) electrons. The molecule has 1 aromatic rings. The predicted octanol–water partition coefficient (Wildman–Crippen LogP) is 3.44. The second-order valence-electron chi connectivity index (χ2n) is 10.2. The lowest BCUT2D eigenvalue weighted by Gasteiger charge is -2.23. The van der Waals surface area contributed by atoms with E-state index in [-0.39, 0.29) is 50.8 Å². The highest BCUT2D eigenvalue weighted by molar-refractivity contribution is 5.94. The van der Waals surface area contributed by atoms with Crippen molar-refractivity contribution in [3.8, 4) is 0 Å². The molecule has 2 rings (SSSR count). The third-order valence-electron chi connectivity index (χ3n) is 6.61. The molecule has 0 bridgehead atoms. The summed E-state index contributed by atoms with van der Waals surface area (Å²) in [6.45, 7) is 6.62. The normalized spacial score (nSPS) is 12.9. The number of rotatable bonds is 23. The van der Waals surface area contributed by atoms with Crippen molar-refractivity contribution >= 4 is 23.7 Å². The molecule has 3 amide bonds. The Balaban J connectivity index is 1.75. The predicted molar refractivity (Wildman–Crippen MR) is 153 cm³/mol. The Morgan fingerprint density at radius 1 is 0.905 bits per heavy atom. The van der Waals surface area contributed by atoms with E-state index in [1.807, 2.05) is 13.8 Å². The number of hydrogen-bond donors (Lipinski definition) is 3. The number of benzene rings is 1. The van der Waals surface area contributed by atoms with Gasteiger partial charge in [0.05, 0.1) is 19.8 Å². The number of Topliss-reactive ketones (excluding diaryl/α,β-unsaturated/α-hetero) is 1.